The Morgan fingerprint density at radius 3 is 0.865 bits per heavy atom. The number of β-amino-alcohol motifs (C(OH)–C–C–N with tert-alkyl or cyclic N) is 4. The fourth-order valence-electron chi connectivity index (χ4n) is 22.0. The minimum atomic E-state index is -0.833. The second-order valence-electron chi connectivity index (χ2n) is 42.7. The van der Waals surface area contributed by atoms with Crippen molar-refractivity contribution in [3.8, 4) is 41.8 Å². The minimum Gasteiger partial charge on any atom is -0.391 e. The summed E-state index contributed by atoms with van der Waals surface area (Å²) in [5, 5.41) is 62.5. The van der Waals surface area contributed by atoms with Gasteiger partial charge in [-0.25, -0.2) is 39.9 Å². The van der Waals surface area contributed by atoms with Crippen molar-refractivity contribution in [2.75, 3.05) is 26.2 Å². The number of aliphatic hydroxyl groups excluding tert-OH is 4. The van der Waals surface area contributed by atoms with Crippen molar-refractivity contribution in [3.63, 3.8) is 0 Å². The highest BCUT2D eigenvalue weighted by Gasteiger charge is 2.55. The molecule has 4 aromatic carbocycles. The second kappa shape index (κ2) is 43.2. The van der Waals surface area contributed by atoms with Crippen molar-refractivity contribution in [2.45, 2.75) is 270 Å². The van der Waals surface area contributed by atoms with E-state index in [2.05, 4.69) is 75.0 Å². The van der Waals surface area contributed by atoms with Crippen LogP contribution < -0.4 is 0 Å². The Kier molecular flexibility index (Phi) is 31.2. The number of nitrogens with zero attached hydrogens (tertiary/aromatic N) is 21. The summed E-state index contributed by atoms with van der Waals surface area (Å²) in [7, 11) is 3.54. The smallest absolute Gasteiger partial charge is 0.256 e. The molecule has 12 aromatic rings. The largest absolute Gasteiger partial charge is 0.391 e. The number of aliphatic imine (C=N–C) groups is 4. The number of hydrogen-bond donors (Lipinski definition) is 4. The zero-order chi connectivity index (χ0) is 106. The van der Waals surface area contributed by atoms with Crippen molar-refractivity contribution in [1.29, 1.82) is 0 Å². The quantitative estimate of drug-likeness (QED) is 0.0436. The van der Waals surface area contributed by atoms with E-state index in [0.29, 0.717) is 91.4 Å². The fraction of sp³-hybridized carbons (Fsp3) is 0.477. The highest BCUT2D eigenvalue weighted by atomic mass is 32.1. The van der Waals surface area contributed by atoms with E-state index in [1.165, 1.54) is 11.5 Å². The van der Waals surface area contributed by atoms with Crippen LogP contribution in [0.4, 0.5) is 0 Å². The molecule has 8 amide bonds. The third-order valence-electron chi connectivity index (χ3n) is 30.3. The molecule has 0 bridgehead atoms. The first-order valence-electron chi connectivity index (χ1n) is 50.2. The Balaban J connectivity index is 0.000000135. The van der Waals surface area contributed by atoms with E-state index in [-0.39, 0.29) is 115 Å². The number of rotatable bonds is 24. The van der Waals surface area contributed by atoms with Gasteiger partial charge in [-0.2, -0.15) is 9.36 Å². The lowest BCUT2D eigenvalue weighted by atomic mass is 9.78. The van der Waals surface area contributed by atoms with Crippen molar-refractivity contribution in [2.24, 2.45) is 57.7 Å². The van der Waals surface area contributed by atoms with Gasteiger partial charge < -0.3 is 44.5 Å². The zero-order valence-corrected chi connectivity index (χ0v) is 91.0. The molecule has 148 heavy (non-hydrogen) atoms. The van der Waals surface area contributed by atoms with E-state index in [4.69, 9.17) is 4.52 Å². The monoisotopic (exact) mass is 2100 g/mol. The summed E-state index contributed by atoms with van der Waals surface area (Å²) in [5.74, 6) is -2.62. The minimum absolute atomic E-state index is 0.0132. The van der Waals surface area contributed by atoms with Crippen molar-refractivity contribution >= 4 is 127 Å². The molecule has 8 aliphatic rings. The fourth-order valence-corrected chi connectivity index (χ4v) is 26.2. The number of aromatic nitrogens is 13. The molecule has 16 atom stereocenters. The van der Waals surface area contributed by atoms with E-state index >= 15 is 0 Å². The summed E-state index contributed by atoms with van der Waals surface area (Å²) in [5.41, 5.74) is 20.5. The molecular formula is C109H127N21O13S5. The van der Waals surface area contributed by atoms with Gasteiger partial charge in [0.2, 0.25) is 29.5 Å². The maximum absolute atomic E-state index is 13.8. The highest BCUT2D eigenvalue weighted by molar-refractivity contribution is 7.14. The topological polar surface area (TPSA) is 445 Å². The first-order valence-corrected chi connectivity index (χ1v) is 54.5. The molecule has 0 saturated carbocycles. The first kappa shape index (κ1) is 107. The van der Waals surface area contributed by atoms with Crippen LogP contribution >= 0.6 is 56.9 Å². The van der Waals surface area contributed by atoms with Gasteiger partial charge in [0.25, 0.3) is 23.6 Å². The lowest BCUT2D eigenvalue weighted by Gasteiger charge is -2.30. The predicted molar refractivity (Wildman–Crippen MR) is 569 cm³/mol. The third kappa shape index (κ3) is 21.3. The number of aryl methyl sites for hydroxylation is 8. The summed E-state index contributed by atoms with van der Waals surface area (Å²) in [4.78, 5) is 160. The molecule has 16 heterocycles. The van der Waals surface area contributed by atoms with Crippen LogP contribution in [0, 0.1) is 65.2 Å². The van der Waals surface area contributed by atoms with Gasteiger partial charge in [-0.05, 0) is 155 Å². The SMILES string of the molecule is Cc1cc(C(C(=O)N2CC(O)CC2C2=NC(=O)C(C)(c3ccc(-c4scnc4C)cc3)C2)C(C)C)sn1.Cc1ncsc1-c1ccc([C@]2(C)CC(C3C[C@@H](O)CN3C(=O)C(c3cn(C)nn3)C(C)C)=NC2=O)cc1.Cc1ncsc1-c1ccc([C@]2(C)CC([C@@H]3C[C@@H](O)CN3C(=O)[C@@H](c3cn(C)nn3)C(C)C)=NC2=O)cc1.Cc1noc(C(C(=O)N2C[C@H](O)C[C@H]2C2=NC(=O)[C@](C)(c3ccc(-c4scnc4C)cc3)C2)C(C)C)n1. The Morgan fingerprint density at radius 2 is 0.649 bits per heavy atom. The lowest BCUT2D eigenvalue weighted by molar-refractivity contribution is -0.135. The summed E-state index contributed by atoms with van der Waals surface area (Å²) < 4.78 is 12.9. The molecular weight excluding hydrogens is 1970 g/mol. The first-order chi connectivity index (χ1) is 70.3. The molecule has 8 aromatic heterocycles. The number of benzene rings is 4. The number of thiazole rings is 4. The number of aliphatic hydroxyl groups is 4. The van der Waals surface area contributed by atoms with Crippen molar-refractivity contribution < 1.29 is 63.3 Å². The highest BCUT2D eigenvalue weighted by Crippen LogP contribution is 2.48. The van der Waals surface area contributed by atoms with Crippen LogP contribution in [-0.2, 0) is 74.1 Å². The summed E-state index contributed by atoms with van der Waals surface area (Å²) in [6.07, 6.45) is 3.92. The molecule has 4 saturated heterocycles. The molecule has 39 heteroatoms. The molecule has 4 fully saturated rings. The number of amides is 8. The van der Waals surface area contributed by atoms with Gasteiger partial charge >= 0.3 is 0 Å². The molecule has 0 radical (unpaired) electrons. The van der Waals surface area contributed by atoms with Crippen LogP contribution in [0.1, 0.15) is 237 Å². The molecule has 8 aliphatic heterocycles. The maximum atomic E-state index is 13.8. The standard InChI is InChI=1S/C28H32N4O3S2.2C27H32N6O3S.C27H31N5O4S/c1-15(2)24(23-10-16(3)31-37-23)26(34)32-13-20(33)11-22(32)21-12-28(5,27(35)30-21)19-8-6-18(7-9-19)25-17(4)29-14-36-25;2*1-15(2)23(21-13-32(5)31-30-21)25(35)33-12-19(34)10-22(33)20-11-27(4,26(36)29-20)18-8-6-17(7-9-18)24-16(3)28-14-37-24;1-14(2)22(24-29-16(4)31-36-24)25(34)32-12-19(33)10-21(32)20-11-27(5,26(35)30-20)18-8-6-17(7-9-18)23-15(3)28-13-37-23/h6-10,14-15,20,22,24,33H,11-13H2,1-5H3;2*6-9,13-15,19,22-23,34H,10-12H2,1-5H3;6-9,13-14,19,21-22,33H,10-12H2,1-5H3/t;19-,22?,23?,27+;19-,22+,23-,27+;19-,21+,22?,27+/m.111/s1. The second-order valence-corrected chi connectivity index (χ2v) is 47.0. The predicted octanol–water partition coefficient (Wildman–Crippen LogP) is 15.3. The maximum Gasteiger partial charge on any atom is 0.256 e. The zero-order valence-electron chi connectivity index (χ0n) is 86.9. The Hall–Kier alpha value is -12.5. The number of hydrogen-bond acceptors (Lipinski definition) is 29. The van der Waals surface area contributed by atoms with Crippen molar-refractivity contribution in [3.05, 3.63) is 216 Å². The van der Waals surface area contributed by atoms with Crippen LogP contribution in [0.5, 0.6) is 0 Å². The molecule has 0 aliphatic carbocycles. The van der Waals surface area contributed by atoms with Gasteiger partial charge in [0, 0.05) is 132 Å². The van der Waals surface area contributed by atoms with Crippen LogP contribution in [-0.4, -0.2) is 249 Å². The van der Waals surface area contributed by atoms with E-state index in [0.717, 1.165) is 97.4 Å². The van der Waals surface area contributed by atoms with Gasteiger partial charge in [0.05, 0.1) is 169 Å². The van der Waals surface area contributed by atoms with Crippen molar-refractivity contribution in [1.82, 2.24) is 84.0 Å². The molecule has 20 rings (SSSR count). The normalized spacial score (nSPS) is 24.7. The Morgan fingerprint density at radius 1 is 0.385 bits per heavy atom. The Labute approximate surface area is 880 Å². The van der Waals surface area contributed by atoms with Gasteiger partial charge in [0.1, 0.15) is 5.92 Å². The average molecular weight is 2100 g/mol. The van der Waals surface area contributed by atoms with E-state index in [1.54, 1.807) is 108 Å². The van der Waals surface area contributed by atoms with E-state index in [1.807, 2.05) is 243 Å². The van der Waals surface area contributed by atoms with Gasteiger partial charge in [-0.1, -0.05) is 168 Å². The van der Waals surface area contributed by atoms with Gasteiger partial charge in [0.15, 0.2) is 5.82 Å². The number of carbonyl (C=O) groups is 8. The van der Waals surface area contributed by atoms with Crippen LogP contribution in [0.15, 0.2) is 162 Å². The lowest BCUT2D eigenvalue weighted by Crippen LogP contribution is -2.44. The number of likely N-dealkylation sites (tertiary alicyclic amines) is 4. The van der Waals surface area contributed by atoms with Crippen LogP contribution in [0.3, 0.4) is 0 Å². The molecule has 7 unspecified atom stereocenters. The molecule has 4 N–H and O–H groups in total. The Bertz CT molecular complexity index is 6270. The van der Waals surface area contributed by atoms with Crippen LogP contribution in [0.2, 0.25) is 0 Å². The summed E-state index contributed by atoms with van der Waals surface area (Å²) >= 11 is 7.73. The molecule has 0 spiro atoms. The average Bonchev–Trinajstić information content (AvgIpc) is 1.61. The van der Waals surface area contributed by atoms with E-state index < -0.39 is 82.0 Å². The molecule has 34 nitrogen and oxygen atoms in total. The van der Waals surface area contributed by atoms with Crippen LogP contribution in [0.25, 0.3) is 41.8 Å². The van der Waals surface area contributed by atoms with Gasteiger partial charge in [-0.15, -0.1) is 55.5 Å². The summed E-state index contributed by atoms with van der Waals surface area (Å²) in [6, 6.07) is 32.4. The number of carbonyl (C=O) groups excluding carboxylic acids is 8. The van der Waals surface area contributed by atoms with E-state index in [9.17, 15) is 58.8 Å². The molecule has 776 valence electrons. The van der Waals surface area contributed by atoms with Gasteiger partial charge in [-0.3, -0.25) is 47.7 Å². The third-order valence-corrected chi connectivity index (χ3v) is 35.2. The summed E-state index contributed by atoms with van der Waals surface area (Å²) in [6.45, 7) is 35.9.